The maximum atomic E-state index is 11.0. The van der Waals surface area contributed by atoms with E-state index in [0.717, 1.165) is 19.3 Å². The topological polar surface area (TPSA) is 110 Å². The first kappa shape index (κ1) is 18.6. The molecule has 19 heavy (non-hydrogen) atoms. The summed E-state index contributed by atoms with van der Waals surface area (Å²) in [5.74, 6) is -0.828. The van der Waals surface area contributed by atoms with E-state index >= 15 is 0 Å². The fourth-order valence-electron chi connectivity index (χ4n) is 1.88. The Balaban J connectivity index is 3.66. The van der Waals surface area contributed by atoms with Crippen LogP contribution in [0.3, 0.4) is 0 Å². The molecule has 0 spiro atoms. The Labute approximate surface area is 115 Å². The molecule has 0 aromatic rings. The van der Waals surface area contributed by atoms with Crippen LogP contribution in [0.1, 0.15) is 64.7 Å². The number of carbonyl (C=O) groups excluding carboxylic acids is 1. The number of phosphoric acid groups is 1. The van der Waals surface area contributed by atoms with Gasteiger partial charge in [0, 0.05) is 0 Å². The van der Waals surface area contributed by atoms with Gasteiger partial charge in [-0.25, -0.2) is 4.57 Å². The largest absolute Gasteiger partial charge is 0.470 e. The first-order valence-electron chi connectivity index (χ1n) is 6.90. The van der Waals surface area contributed by atoms with Gasteiger partial charge in [-0.2, -0.15) is 0 Å². The van der Waals surface area contributed by atoms with Crippen LogP contribution in [0.5, 0.6) is 0 Å². The van der Waals surface area contributed by atoms with E-state index in [1.807, 2.05) is 0 Å². The first-order valence-corrected chi connectivity index (χ1v) is 8.43. The van der Waals surface area contributed by atoms with Crippen LogP contribution >= 0.6 is 7.82 Å². The molecule has 0 aliphatic rings. The van der Waals surface area contributed by atoms with Crippen molar-refractivity contribution in [2.75, 3.05) is 0 Å². The van der Waals surface area contributed by atoms with Crippen LogP contribution < -0.4 is 5.73 Å². The molecular weight excluding hydrogens is 269 g/mol. The lowest BCUT2D eigenvalue weighted by molar-refractivity contribution is -0.125. The number of nitrogens with two attached hydrogens (primary N) is 1. The molecule has 1 amide bonds. The van der Waals surface area contributed by atoms with Gasteiger partial charge in [0.05, 0.1) is 0 Å². The maximum absolute atomic E-state index is 11.0. The molecule has 0 aromatic heterocycles. The number of unbranched alkanes of at least 4 members (excludes halogenated alkanes) is 7. The van der Waals surface area contributed by atoms with E-state index in [1.54, 1.807) is 0 Å². The molecule has 0 aliphatic heterocycles. The summed E-state index contributed by atoms with van der Waals surface area (Å²) in [6.45, 7) is 2.17. The van der Waals surface area contributed by atoms with Crippen molar-refractivity contribution in [2.24, 2.45) is 5.73 Å². The number of amides is 1. The standard InChI is InChI=1S/C12H26NO5P/c1-2-3-4-5-6-7-8-9-10-11(12(13)14)18-19(15,16)17/h11H,2-10H2,1H3,(H2,13,14)(H2,15,16,17). The smallest absolute Gasteiger partial charge is 0.367 e. The minimum atomic E-state index is -4.65. The van der Waals surface area contributed by atoms with Gasteiger partial charge in [0.1, 0.15) is 6.10 Å². The zero-order chi connectivity index (χ0) is 14.7. The van der Waals surface area contributed by atoms with Crippen LogP contribution in [0.2, 0.25) is 0 Å². The predicted octanol–water partition coefficient (Wildman–Crippen LogP) is 2.48. The Hall–Kier alpha value is -0.420. The fourth-order valence-corrected chi connectivity index (χ4v) is 2.42. The van der Waals surface area contributed by atoms with E-state index in [2.05, 4.69) is 11.4 Å². The average molecular weight is 295 g/mol. The number of carbonyl (C=O) groups is 1. The summed E-state index contributed by atoms with van der Waals surface area (Å²) in [7, 11) is -4.65. The van der Waals surface area contributed by atoms with Crippen molar-refractivity contribution in [2.45, 2.75) is 70.8 Å². The molecule has 0 bridgehead atoms. The molecule has 0 aliphatic carbocycles. The van der Waals surface area contributed by atoms with Crippen LogP contribution in [0.25, 0.3) is 0 Å². The summed E-state index contributed by atoms with van der Waals surface area (Å²) in [5.41, 5.74) is 5.03. The van der Waals surface area contributed by atoms with Gasteiger partial charge in [0.15, 0.2) is 0 Å². The monoisotopic (exact) mass is 295 g/mol. The minimum absolute atomic E-state index is 0.259. The quantitative estimate of drug-likeness (QED) is 0.378. The Kier molecular flexibility index (Phi) is 10.1. The van der Waals surface area contributed by atoms with E-state index in [-0.39, 0.29) is 6.42 Å². The van der Waals surface area contributed by atoms with Crippen molar-refractivity contribution in [3.05, 3.63) is 0 Å². The molecule has 0 radical (unpaired) electrons. The van der Waals surface area contributed by atoms with Gasteiger partial charge >= 0.3 is 7.82 Å². The fraction of sp³-hybridized carbons (Fsp3) is 0.917. The third kappa shape index (κ3) is 12.4. The molecule has 4 N–H and O–H groups in total. The Morgan fingerprint density at radius 3 is 2.00 bits per heavy atom. The zero-order valence-corrected chi connectivity index (χ0v) is 12.5. The van der Waals surface area contributed by atoms with Crippen LogP contribution in [0.15, 0.2) is 0 Å². The van der Waals surface area contributed by atoms with Crippen molar-refractivity contribution in [3.63, 3.8) is 0 Å². The summed E-state index contributed by atoms with van der Waals surface area (Å²) >= 11 is 0. The predicted molar refractivity (Wildman–Crippen MR) is 73.3 cm³/mol. The molecular formula is C12H26NO5P. The summed E-state index contributed by atoms with van der Waals surface area (Å²) in [6, 6.07) is 0. The summed E-state index contributed by atoms with van der Waals surface area (Å²) < 4.78 is 15.0. The molecule has 0 heterocycles. The SMILES string of the molecule is CCCCCCCCCCC(OP(=O)(O)O)C(N)=O. The van der Waals surface area contributed by atoms with Crippen molar-refractivity contribution >= 4 is 13.7 Å². The van der Waals surface area contributed by atoms with E-state index in [1.165, 1.54) is 25.7 Å². The highest BCUT2D eigenvalue weighted by Gasteiger charge is 2.25. The van der Waals surface area contributed by atoms with Crippen molar-refractivity contribution < 1.29 is 23.7 Å². The molecule has 0 aromatic carbocycles. The number of phosphoric ester groups is 1. The minimum Gasteiger partial charge on any atom is -0.367 e. The molecule has 0 saturated carbocycles. The third-order valence-electron chi connectivity index (χ3n) is 2.90. The summed E-state index contributed by atoms with van der Waals surface area (Å²) in [6.07, 6.45) is 7.83. The molecule has 0 fully saturated rings. The van der Waals surface area contributed by atoms with Gasteiger partial charge in [-0.05, 0) is 6.42 Å². The van der Waals surface area contributed by atoms with E-state index in [0.29, 0.717) is 6.42 Å². The van der Waals surface area contributed by atoms with Gasteiger partial charge in [-0.3, -0.25) is 9.32 Å². The Bertz CT molecular complexity index is 292. The van der Waals surface area contributed by atoms with E-state index in [9.17, 15) is 9.36 Å². The highest BCUT2D eigenvalue weighted by molar-refractivity contribution is 7.46. The van der Waals surface area contributed by atoms with Gasteiger partial charge in [-0.15, -0.1) is 0 Å². The molecule has 0 saturated heterocycles. The van der Waals surface area contributed by atoms with Gasteiger partial charge in [0.25, 0.3) is 0 Å². The summed E-state index contributed by atoms with van der Waals surface area (Å²) in [5, 5.41) is 0. The van der Waals surface area contributed by atoms with Crippen molar-refractivity contribution in [1.29, 1.82) is 0 Å². The third-order valence-corrected chi connectivity index (χ3v) is 3.43. The average Bonchev–Trinajstić information content (AvgIpc) is 2.29. The van der Waals surface area contributed by atoms with Crippen molar-refractivity contribution in [1.82, 2.24) is 0 Å². The molecule has 114 valence electrons. The highest BCUT2D eigenvalue weighted by atomic mass is 31.2. The lowest BCUT2D eigenvalue weighted by Crippen LogP contribution is -2.30. The lowest BCUT2D eigenvalue weighted by atomic mass is 10.1. The molecule has 1 atom stereocenters. The first-order chi connectivity index (χ1) is 8.87. The van der Waals surface area contributed by atoms with Gasteiger partial charge < -0.3 is 15.5 Å². The number of rotatable bonds is 12. The zero-order valence-electron chi connectivity index (χ0n) is 11.6. The maximum Gasteiger partial charge on any atom is 0.470 e. The van der Waals surface area contributed by atoms with Crippen molar-refractivity contribution in [3.8, 4) is 0 Å². The second-order valence-electron chi connectivity index (χ2n) is 4.75. The number of primary amides is 1. The van der Waals surface area contributed by atoms with E-state index < -0.39 is 19.8 Å². The number of hydrogen-bond acceptors (Lipinski definition) is 3. The number of hydrogen-bond donors (Lipinski definition) is 3. The summed E-state index contributed by atoms with van der Waals surface area (Å²) in [4.78, 5) is 28.3. The Morgan fingerprint density at radius 1 is 1.11 bits per heavy atom. The van der Waals surface area contributed by atoms with E-state index in [4.69, 9.17) is 15.5 Å². The normalized spacial score (nSPS) is 13.4. The van der Waals surface area contributed by atoms with Crippen LogP contribution in [0, 0.1) is 0 Å². The van der Waals surface area contributed by atoms with Gasteiger partial charge in [0.2, 0.25) is 5.91 Å². The van der Waals surface area contributed by atoms with Gasteiger partial charge in [-0.1, -0.05) is 58.3 Å². The second-order valence-corrected chi connectivity index (χ2v) is 5.94. The van der Waals surface area contributed by atoms with Crippen LogP contribution in [-0.4, -0.2) is 21.8 Å². The van der Waals surface area contributed by atoms with Crippen LogP contribution in [0.4, 0.5) is 0 Å². The molecule has 6 nitrogen and oxygen atoms in total. The molecule has 1 unspecified atom stereocenters. The van der Waals surface area contributed by atoms with Crippen LogP contribution in [-0.2, 0) is 13.9 Å². The Morgan fingerprint density at radius 2 is 1.58 bits per heavy atom. The second kappa shape index (κ2) is 10.4. The highest BCUT2D eigenvalue weighted by Crippen LogP contribution is 2.38. The lowest BCUT2D eigenvalue weighted by Gasteiger charge is -2.14. The molecule has 7 heteroatoms. The molecule has 0 rings (SSSR count).